The molecule has 2 rings (SSSR count). The molecule has 0 unspecified atom stereocenters. The molecule has 1 aromatic carbocycles. The highest BCUT2D eigenvalue weighted by atomic mass is 19.1. The molecule has 1 saturated carbocycles. The first-order valence-electron chi connectivity index (χ1n) is 5.46. The van der Waals surface area contributed by atoms with Crippen LogP contribution in [0.2, 0.25) is 0 Å². The Morgan fingerprint density at radius 3 is 2.59 bits per heavy atom. The number of ether oxygens (including phenoxy) is 1. The number of benzene rings is 1. The second-order valence-electron chi connectivity index (χ2n) is 5.01. The zero-order valence-electron chi connectivity index (χ0n) is 10.0. The van der Waals surface area contributed by atoms with Gasteiger partial charge in [-0.25, -0.2) is 4.39 Å². The zero-order chi connectivity index (χ0) is 12.8. The summed E-state index contributed by atoms with van der Waals surface area (Å²) in [6.45, 7) is 3.82. The lowest BCUT2D eigenvalue weighted by Gasteiger charge is -2.06. The van der Waals surface area contributed by atoms with E-state index in [9.17, 15) is 9.18 Å². The van der Waals surface area contributed by atoms with Gasteiger partial charge in [0.25, 0.3) is 0 Å². The van der Waals surface area contributed by atoms with Crippen molar-refractivity contribution in [2.45, 2.75) is 19.8 Å². The molecule has 0 aliphatic heterocycles. The molecule has 1 aromatic rings. The highest BCUT2D eigenvalue weighted by Gasteiger charge is 2.62. The molecular weight excluding hydrogens is 223 g/mol. The van der Waals surface area contributed by atoms with Gasteiger partial charge in [-0.2, -0.15) is 0 Å². The lowest BCUT2D eigenvalue weighted by Crippen LogP contribution is -2.03. The SMILES string of the molecule is COc1cc([C@H]2[C@H](C(=O)O)C2(C)C)ccc1F. The van der Waals surface area contributed by atoms with E-state index in [4.69, 9.17) is 9.84 Å². The molecule has 1 aliphatic rings. The monoisotopic (exact) mass is 238 g/mol. The molecule has 0 amide bonds. The second-order valence-corrected chi connectivity index (χ2v) is 5.01. The van der Waals surface area contributed by atoms with Gasteiger partial charge in [0.2, 0.25) is 0 Å². The number of hydrogen-bond donors (Lipinski definition) is 1. The lowest BCUT2D eigenvalue weighted by molar-refractivity contribution is -0.139. The van der Waals surface area contributed by atoms with Gasteiger partial charge in [-0.05, 0) is 23.1 Å². The molecule has 0 spiro atoms. The molecule has 92 valence electrons. The summed E-state index contributed by atoms with van der Waals surface area (Å²) >= 11 is 0. The molecule has 1 aliphatic carbocycles. The van der Waals surface area contributed by atoms with E-state index < -0.39 is 17.7 Å². The van der Waals surface area contributed by atoms with Gasteiger partial charge < -0.3 is 9.84 Å². The summed E-state index contributed by atoms with van der Waals surface area (Å²) in [6, 6.07) is 4.54. The van der Waals surface area contributed by atoms with Crippen molar-refractivity contribution in [2.75, 3.05) is 7.11 Å². The van der Waals surface area contributed by atoms with Crippen LogP contribution in [0, 0.1) is 17.2 Å². The number of carboxylic acids is 1. The van der Waals surface area contributed by atoms with Crippen molar-refractivity contribution in [3.05, 3.63) is 29.6 Å². The molecule has 0 radical (unpaired) electrons. The van der Waals surface area contributed by atoms with Crippen LogP contribution in [0.5, 0.6) is 5.75 Å². The Morgan fingerprint density at radius 2 is 2.12 bits per heavy atom. The number of halogens is 1. The van der Waals surface area contributed by atoms with Gasteiger partial charge in [0, 0.05) is 5.92 Å². The van der Waals surface area contributed by atoms with Crippen LogP contribution >= 0.6 is 0 Å². The largest absolute Gasteiger partial charge is 0.494 e. The number of carboxylic acid groups (broad SMARTS) is 1. The Bertz CT molecular complexity index is 468. The quantitative estimate of drug-likeness (QED) is 0.880. The molecule has 17 heavy (non-hydrogen) atoms. The fourth-order valence-corrected chi connectivity index (χ4v) is 2.59. The lowest BCUT2D eigenvalue weighted by atomic mass is 10.0. The van der Waals surface area contributed by atoms with Gasteiger partial charge in [-0.3, -0.25) is 4.79 Å². The number of carbonyl (C=O) groups is 1. The van der Waals surface area contributed by atoms with Gasteiger partial charge in [-0.15, -0.1) is 0 Å². The van der Waals surface area contributed by atoms with Crippen LogP contribution < -0.4 is 4.74 Å². The number of aliphatic carboxylic acids is 1. The first-order chi connectivity index (χ1) is 7.89. The van der Waals surface area contributed by atoms with Gasteiger partial charge in [0.1, 0.15) is 0 Å². The summed E-state index contributed by atoms with van der Waals surface area (Å²) < 4.78 is 18.2. The predicted molar refractivity (Wildman–Crippen MR) is 60.6 cm³/mol. The maximum absolute atomic E-state index is 13.3. The van der Waals surface area contributed by atoms with Gasteiger partial charge in [0.15, 0.2) is 11.6 Å². The minimum Gasteiger partial charge on any atom is -0.494 e. The van der Waals surface area contributed by atoms with E-state index in [1.54, 1.807) is 12.1 Å². The van der Waals surface area contributed by atoms with E-state index in [-0.39, 0.29) is 17.1 Å². The molecule has 0 heterocycles. The number of methoxy groups -OCH3 is 1. The van der Waals surface area contributed by atoms with E-state index >= 15 is 0 Å². The maximum atomic E-state index is 13.3. The molecule has 0 saturated heterocycles. The predicted octanol–water partition coefficient (Wildman–Crippen LogP) is 2.66. The van der Waals surface area contributed by atoms with Crippen molar-refractivity contribution in [3.8, 4) is 5.75 Å². The number of rotatable bonds is 3. The first kappa shape index (κ1) is 11.9. The molecule has 3 nitrogen and oxygen atoms in total. The van der Waals surface area contributed by atoms with Crippen molar-refractivity contribution < 1.29 is 19.0 Å². The van der Waals surface area contributed by atoms with E-state index in [2.05, 4.69) is 0 Å². The molecule has 0 aromatic heterocycles. The standard InChI is InChI=1S/C13H15FO3/c1-13(2)10(11(13)12(15)16)7-4-5-8(14)9(6-7)17-3/h4-6,10-11H,1-3H3,(H,15,16)/t10-,11+/m0/s1. The van der Waals surface area contributed by atoms with Gasteiger partial charge in [0.05, 0.1) is 13.0 Å². The minimum absolute atomic E-state index is 0.0745. The van der Waals surface area contributed by atoms with Crippen LogP contribution in [-0.2, 0) is 4.79 Å². The highest BCUT2D eigenvalue weighted by Crippen LogP contribution is 2.64. The summed E-state index contributed by atoms with van der Waals surface area (Å²) in [6.07, 6.45) is 0. The van der Waals surface area contributed by atoms with E-state index in [1.165, 1.54) is 13.2 Å². The Balaban J connectivity index is 2.34. The third-order valence-corrected chi connectivity index (χ3v) is 3.63. The van der Waals surface area contributed by atoms with Crippen molar-refractivity contribution in [1.29, 1.82) is 0 Å². The molecular formula is C13H15FO3. The normalized spacial score (nSPS) is 25.4. The summed E-state index contributed by atoms with van der Waals surface area (Å²) in [5.74, 6) is -1.55. The van der Waals surface area contributed by atoms with Crippen LogP contribution in [0.25, 0.3) is 0 Å². The van der Waals surface area contributed by atoms with E-state index in [0.29, 0.717) is 0 Å². The average Bonchev–Trinajstić information content (AvgIpc) is 2.82. The highest BCUT2D eigenvalue weighted by molar-refractivity contribution is 5.77. The van der Waals surface area contributed by atoms with Crippen LogP contribution in [0.1, 0.15) is 25.3 Å². The minimum atomic E-state index is -0.803. The zero-order valence-corrected chi connectivity index (χ0v) is 10.0. The van der Waals surface area contributed by atoms with Crippen molar-refractivity contribution in [3.63, 3.8) is 0 Å². The molecule has 0 bridgehead atoms. The van der Waals surface area contributed by atoms with Gasteiger partial charge in [-0.1, -0.05) is 19.9 Å². The maximum Gasteiger partial charge on any atom is 0.307 e. The molecule has 1 fully saturated rings. The van der Waals surface area contributed by atoms with Crippen LogP contribution in [-0.4, -0.2) is 18.2 Å². The Kier molecular flexibility index (Phi) is 2.60. The van der Waals surface area contributed by atoms with Crippen molar-refractivity contribution in [2.24, 2.45) is 11.3 Å². The molecule has 4 heteroatoms. The third-order valence-electron chi connectivity index (χ3n) is 3.63. The second kappa shape index (κ2) is 3.72. The Morgan fingerprint density at radius 1 is 1.47 bits per heavy atom. The first-order valence-corrected chi connectivity index (χ1v) is 5.46. The Labute approximate surface area is 99.2 Å². The van der Waals surface area contributed by atoms with Crippen LogP contribution in [0.15, 0.2) is 18.2 Å². The molecule has 1 N–H and O–H groups in total. The van der Waals surface area contributed by atoms with Crippen LogP contribution in [0.3, 0.4) is 0 Å². The fraction of sp³-hybridized carbons (Fsp3) is 0.462. The summed E-state index contributed by atoms with van der Waals surface area (Å²) in [5.41, 5.74) is 0.537. The third kappa shape index (κ3) is 1.77. The van der Waals surface area contributed by atoms with Crippen molar-refractivity contribution >= 4 is 5.97 Å². The van der Waals surface area contributed by atoms with Crippen LogP contribution in [0.4, 0.5) is 4.39 Å². The summed E-state index contributed by atoms with van der Waals surface area (Å²) in [5, 5.41) is 9.10. The average molecular weight is 238 g/mol. The summed E-state index contributed by atoms with van der Waals surface area (Å²) in [7, 11) is 1.40. The van der Waals surface area contributed by atoms with E-state index in [0.717, 1.165) is 5.56 Å². The summed E-state index contributed by atoms with van der Waals surface area (Å²) in [4.78, 5) is 11.1. The van der Waals surface area contributed by atoms with Crippen molar-refractivity contribution in [1.82, 2.24) is 0 Å². The fourth-order valence-electron chi connectivity index (χ4n) is 2.59. The smallest absolute Gasteiger partial charge is 0.307 e. The molecule has 2 atom stereocenters. The Hall–Kier alpha value is -1.58. The number of hydrogen-bond acceptors (Lipinski definition) is 2. The van der Waals surface area contributed by atoms with E-state index in [1.807, 2.05) is 13.8 Å². The van der Waals surface area contributed by atoms with Gasteiger partial charge >= 0.3 is 5.97 Å². The topological polar surface area (TPSA) is 46.5 Å².